The molecule has 0 radical (unpaired) electrons. The number of piperazine rings is 1. The Morgan fingerprint density at radius 1 is 0.900 bits per heavy atom. The van der Waals surface area contributed by atoms with E-state index in [1.165, 1.54) is 17.1 Å². The van der Waals surface area contributed by atoms with E-state index in [1.807, 2.05) is 0 Å². The Labute approximate surface area is 120 Å². The molecule has 0 saturated carbocycles. The van der Waals surface area contributed by atoms with Crippen molar-refractivity contribution in [3.8, 4) is 0 Å². The molecule has 0 spiro atoms. The molecule has 3 rings (SSSR count). The molecule has 1 saturated heterocycles. The van der Waals surface area contributed by atoms with Crippen LogP contribution in [0.5, 0.6) is 0 Å². The predicted molar refractivity (Wildman–Crippen MR) is 86.0 cm³/mol. The van der Waals surface area contributed by atoms with Crippen molar-refractivity contribution >= 4 is 17.1 Å². The highest BCUT2D eigenvalue weighted by Gasteiger charge is 2.11. The zero-order chi connectivity index (χ0) is 13.8. The summed E-state index contributed by atoms with van der Waals surface area (Å²) in [6.45, 7) is 4.30. The number of benzene rings is 2. The van der Waals surface area contributed by atoms with E-state index < -0.39 is 0 Å². The number of hydrogen-bond donors (Lipinski definition) is 1. The van der Waals surface area contributed by atoms with Gasteiger partial charge in [-0.15, -0.1) is 0 Å². The Kier molecular flexibility index (Phi) is 3.88. The molecule has 0 unspecified atom stereocenters. The molecule has 0 aromatic heterocycles. The predicted octanol–water partition coefficient (Wildman–Crippen LogP) is 2.86. The van der Waals surface area contributed by atoms with E-state index in [2.05, 4.69) is 76.8 Å². The first kappa shape index (κ1) is 13.0. The van der Waals surface area contributed by atoms with E-state index in [-0.39, 0.29) is 0 Å². The molecule has 2 aromatic rings. The Morgan fingerprint density at radius 3 is 2.35 bits per heavy atom. The lowest BCUT2D eigenvalue weighted by atomic mass is 10.2. The molecule has 0 amide bonds. The minimum Gasteiger partial charge on any atom is -0.369 e. The Balaban J connectivity index is 1.83. The summed E-state index contributed by atoms with van der Waals surface area (Å²) in [5.41, 5.74) is 3.75. The van der Waals surface area contributed by atoms with Crippen LogP contribution in [-0.2, 0) is 0 Å². The summed E-state index contributed by atoms with van der Waals surface area (Å²) in [6.07, 6.45) is 0. The van der Waals surface area contributed by atoms with Gasteiger partial charge in [0, 0.05) is 50.3 Å². The SMILES string of the molecule is CN(c1ccccc1)c1cccc(N2CCNCC2)c1. The summed E-state index contributed by atoms with van der Waals surface area (Å²) in [7, 11) is 2.12. The normalized spacial score (nSPS) is 15.2. The maximum atomic E-state index is 3.40. The van der Waals surface area contributed by atoms with Crippen LogP contribution in [0, 0.1) is 0 Å². The largest absolute Gasteiger partial charge is 0.369 e. The Hall–Kier alpha value is -2.00. The maximum absolute atomic E-state index is 3.40. The smallest absolute Gasteiger partial charge is 0.0428 e. The van der Waals surface area contributed by atoms with Crippen molar-refractivity contribution in [2.45, 2.75) is 0 Å². The van der Waals surface area contributed by atoms with Crippen LogP contribution in [0.25, 0.3) is 0 Å². The van der Waals surface area contributed by atoms with Crippen LogP contribution in [0.1, 0.15) is 0 Å². The minimum atomic E-state index is 1.07. The number of anilines is 3. The molecule has 1 heterocycles. The fourth-order valence-corrected chi connectivity index (χ4v) is 2.62. The van der Waals surface area contributed by atoms with Gasteiger partial charge in [-0.05, 0) is 30.3 Å². The topological polar surface area (TPSA) is 18.5 Å². The second kappa shape index (κ2) is 5.97. The van der Waals surface area contributed by atoms with Gasteiger partial charge in [-0.1, -0.05) is 24.3 Å². The molecule has 0 aliphatic carbocycles. The molecule has 104 valence electrons. The van der Waals surface area contributed by atoms with E-state index in [0.717, 1.165) is 26.2 Å². The van der Waals surface area contributed by atoms with E-state index in [0.29, 0.717) is 0 Å². The van der Waals surface area contributed by atoms with Crippen LogP contribution in [0.4, 0.5) is 17.1 Å². The van der Waals surface area contributed by atoms with Gasteiger partial charge in [0.2, 0.25) is 0 Å². The van der Waals surface area contributed by atoms with Crippen molar-refractivity contribution in [1.82, 2.24) is 5.32 Å². The average molecular weight is 267 g/mol. The van der Waals surface area contributed by atoms with Gasteiger partial charge in [0.1, 0.15) is 0 Å². The summed E-state index contributed by atoms with van der Waals surface area (Å²) < 4.78 is 0. The van der Waals surface area contributed by atoms with Crippen LogP contribution >= 0.6 is 0 Å². The quantitative estimate of drug-likeness (QED) is 0.922. The molecule has 1 aliphatic heterocycles. The average Bonchev–Trinajstić information content (AvgIpc) is 2.56. The van der Waals surface area contributed by atoms with Crippen molar-refractivity contribution in [2.24, 2.45) is 0 Å². The lowest BCUT2D eigenvalue weighted by Gasteiger charge is -2.30. The van der Waals surface area contributed by atoms with E-state index in [4.69, 9.17) is 0 Å². The minimum absolute atomic E-state index is 1.07. The Bertz CT molecular complexity index is 547. The first-order valence-corrected chi connectivity index (χ1v) is 7.19. The fraction of sp³-hybridized carbons (Fsp3) is 0.294. The van der Waals surface area contributed by atoms with Crippen molar-refractivity contribution in [2.75, 3.05) is 43.0 Å². The summed E-state index contributed by atoms with van der Waals surface area (Å²) in [6, 6.07) is 19.3. The lowest BCUT2D eigenvalue weighted by molar-refractivity contribution is 0.589. The molecule has 20 heavy (non-hydrogen) atoms. The zero-order valence-corrected chi connectivity index (χ0v) is 11.9. The van der Waals surface area contributed by atoms with Gasteiger partial charge < -0.3 is 15.1 Å². The van der Waals surface area contributed by atoms with Gasteiger partial charge >= 0.3 is 0 Å². The molecule has 1 N–H and O–H groups in total. The highest BCUT2D eigenvalue weighted by molar-refractivity contribution is 5.67. The summed E-state index contributed by atoms with van der Waals surface area (Å²) in [5, 5.41) is 3.40. The van der Waals surface area contributed by atoms with Crippen LogP contribution in [0.3, 0.4) is 0 Å². The fourth-order valence-electron chi connectivity index (χ4n) is 2.62. The van der Waals surface area contributed by atoms with Gasteiger partial charge in [0.15, 0.2) is 0 Å². The third-order valence-electron chi connectivity index (χ3n) is 3.84. The second-order valence-corrected chi connectivity index (χ2v) is 5.15. The highest BCUT2D eigenvalue weighted by Crippen LogP contribution is 2.27. The number of hydrogen-bond acceptors (Lipinski definition) is 3. The molecule has 2 aromatic carbocycles. The highest BCUT2D eigenvalue weighted by atomic mass is 15.2. The number of rotatable bonds is 3. The van der Waals surface area contributed by atoms with Crippen molar-refractivity contribution in [3.05, 3.63) is 54.6 Å². The second-order valence-electron chi connectivity index (χ2n) is 5.15. The van der Waals surface area contributed by atoms with Gasteiger partial charge in [-0.2, -0.15) is 0 Å². The van der Waals surface area contributed by atoms with Crippen molar-refractivity contribution < 1.29 is 0 Å². The maximum Gasteiger partial charge on any atom is 0.0428 e. The number of nitrogens with one attached hydrogen (secondary N) is 1. The molecular weight excluding hydrogens is 246 g/mol. The molecule has 3 nitrogen and oxygen atoms in total. The van der Waals surface area contributed by atoms with Crippen molar-refractivity contribution in [1.29, 1.82) is 0 Å². The first-order chi connectivity index (χ1) is 9.84. The van der Waals surface area contributed by atoms with Crippen molar-refractivity contribution in [3.63, 3.8) is 0 Å². The van der Waals surface area contributed by atoms with Gasteiger partial charge in [-0.25, -0.2) is 0 Å². The van der Waals surface area contributed by atoms with Crippen LogP contribution in [0.2, 0.25) is 0 Å². The molecule has 0 atom stereocenters. The summed E-state index contributed by atoms with van der Waals surface area (Å²) in [5.74, 6) is 0. The van der Waals surface area contributed by atoms with E-state index in [1.54, 1.807) is 0 Å². The molecule has 0 bridgehead atoms. The standard InChI is InChI=1S/C17H21N3/c1-19(15-6-3-2-4-7-15)16-8-5-9-17(14-16)20-12-10-18-11-13-20/h2-9,14,18H,10-13H2,1H3. The third-order valence-corrected chi connectivity index (χ3v) is 3.84. The number of para-hydroxylation sites is 1. The van der Waals surface area contributed by atoms with Crippen LogP contribution in [-0.4, -0.2) is 33.2 Å². The third kappa shape index (κ3) is 2.78. The molecular formula is C17H21N3. The van der Waals surface area contributed by atoms with E-state index in [9.17, 15) is 0 Å². The summed E-state index contributed by atoms with van der Waals surface area (Å²) >= 11 is 0. The molecule has 1 fully saturated rings. The van der Waals surface area contributed by atoms with Crippen LogP contribution in [0.15, 0.2) is 54.6 Å². The van der Waals surface area contributed by atoms with E-state index >= 15 is 0 Å². The number of nitrogens with zero attached hydrogens (tertiary/aromatic N) is 2. The summed E-state index contributed by atoms with van der Waals surface area (Å²) in [4.78, 5) is 4.67. The monoisotopic (exact) mass is 267 g/mol. The van der Waals surface area contributed by atoms with Crippen LogP contribution < -0.4 is 15.1 Å². The zero-order valence-electron chi connectivity index (χ0n) is 11.9. The van der Waals surface area contributed by atoms with Gasteiger partial charge in [0.05, 0.1) is 0 Å². The van der Waals surface area contributed by atoms with Gasteiger partial charge in [-0.3, -0.25) is 0 Å². The van der Waals surface area contributed by atoms with Gasteiger partial charge in [0.25, 0.3) is 0 Å². The Morgan fingerprint density at radius 2 is 1.60 bits per heavy atom. The lowest BCUT2D eigenvalue weighted by Crippen LogP contribution is -2.43. The molecule has 1 aliphatic rings. The molecule has 3 heteroatoms. The first-order valence-electron chi connectivity index (χ1n) is 7.19.